The summed E-state index contributed by atoms with van der Waals surface area (Å²) in [5, 5.41) is 0. The van der Waals surface area contributed by atoms with E-state index in [9.17, 15) is 0 Å². The summed E-state index contributed by atoms with van der Waals surface area (Å²) in [6.07, 6.45) is 4.90. The summed E-state index contributed by atoms with van der Waals surface area (Å²) >= 11 is 0. The molecular weight excluding hydrogens is 210 g/mol. The van der Waals surface area contributed by atoms with Crippen molar-refractivity contribution in [2.75, 3.05) is 0 Å². The van der Waals surface area contributed by atoms with E-state index in [0.717, 1.165) is 36.5 Å². The monoisotopic (exact) mass is 225 g/mol. The van der Waals surface area contributed by atoms with Crippen LogP contribution in [-0.4, -0.2) is 4.98 Å². The van der Waals surface area contributed by atoms with Gasteiger partial charge in [-0.25, -0.2) is 0 Å². The number of ether oxygens (including phenoxy) is 1. The standard InChI is InChI=1S/C15H15NO/c1-2-13-9-12-8-7-11-5-3-4-6-14(11)17-15(12)10-16-13/h3-6,9-10H,2,7-8H2,1H3. The SMILES string of the molecule is CCc1cc2c(cn1)Oc1ccccc1CC2. The fraction of sp³-hybridized carbons (Fsp3) is 0.267. The summed E-state index contributed by atoms with van der Waals surface area (Å²) in [6.45, 7) is 2.13. The van der Waals surface area contributed by atoms with Crippen LogP contribution < -0.4 is 4.74 Å². The lowest BCUT2D eigenvalue weighted by atomic mass is 10.0. The van der Waals surface area contributed by atoms with Crippen LogP contribution in [0.25, 0.3) is 0 Å². The quantitative estimate of drug-likeness (QED) is 0.740. The van der Waals surface area contributed by atoms with Gasteiger partial charge < -0.3 is 4.74 Å². The maximum atomic E-state index is 5.94. The average molecular weight is 225 g/mol. The molecule has 1 aliphatic rings. The largest absolute Gasteiger partial charge is 0.455 e. The van der Waals surface area contributed by atoms with E-state index in [-0.39, 0.29) is 0 Å². The molecule has 0 saturated carbocycles. The van der Waals surface area contributed by atoms with Gasteiger partial charge in [0.1, 0.15) is 11.5 Å². The Morgan fingerprint density at radius 2 is 1.94 bits per heavy atom. The lowest BCUT2D eigenvalue weighted by Crippen LogP contribution is -1.94. The summed E-state index contributed by atoms with van der Waals surface area (Å²) in [4.78, 5) is 4.40. The second-order valence-corrected chi connectivity index (χ2v) is 4.35. The molecule has 0 saturated heterocycles. The van der Waals surface area contributed by atoms with E-state index in [1.165, 1.54) is 11.1 Å². The summed E-state index contributed by atoms with van der Waals surface area (Å²) in [6, 6.07) is 10.4. The highest BCUT2D eigenvalue weighted by molar-refractivity contribution is 5.44. The normalized spacial score (nSPS) is 13.2. The Balaban J connectivity index is 2.03. The predicted octanol–water partition coefficient (Wildman–Crippen LogP) is 3.53. The first-order valence-electron chi connectivity index (χ1n) is 6.10. The average Bonchev–Trinajstić information content (AvgIpc) is 2.57. The van der Waals surface area contributed by atoms with Gasteiger partial charge in [0.15, 0.2) is 0 Å². The second kappa shape index (κ2) is 4.21. The van der Waals surface area contributed by atoms with Crippen LogP contribution >= 0.6 is 0 Å². The first-order valence-corrected chi connectivity index (χ1v) is 6.10. The molecule has 2 aromatic rings. The van der Waals surface area contributed by atoms with E-state index in [1.54, 1.807) is 0 Å². The van der Waals surface area contributed by atoms with Crippen molar-refractivity contribution in [3.63, 3.8) is 0 Å². The molecule has 1 aliphatic heterocycles. The minimum absolute atomic E-state index is 0.909. The third-order valence-electron chi connectivity index (χ3n) is 3.22. The molecule has 2 nitrogen and oxygen atoms in total. The van der Waals surface area contributed by atoms with Crippen molar-refractivity contribution in [3.8, 4) is 11.5 Å². The van der Waals surface area contributed by atoms with Gasteiger partial charge in [0, 0.05) is 5.69 Å². The van der Waals surface area contributed by atoms with Gasteiger partial charge in [-0.15, -0.1) is 0 Å². The number of para-hydroxylation sites is 1. The van der Waals surface area contributed by atoms with Crippen LogP contribution in [0.1, 0.15) is 23.7 Å². The highest BCUT2D eigenvalue weighted by atomic mass is 16.5. The van der Waals surface area contributed by atoms with E-state index in [0.29, 0.717) is 0 Å². The molecule has 17 heavy (non-hydrogen) atoms. The summed E-state index contributed by atoms with van der Waals surface area (Å²) in [7, 11) is 0. The number of aromatic nitrogens is 1. The number of hydrogen-bond donors (Lipinski definition) is 0. The highest BCUT2D eigenvalue weighted by Gasteiger charge is 2.14. The Morgan fingerprint density at radius 1 is 1.12 bits per heavy atom. The lowest BCUT2D eigenvalue weighted by Gasteiger charge is -2.08. The Labute approximate surface area is 101 Å². The van der Waals surface area contributed by atoms with Gasteiger partial charge in [0.05, 0.1) is 6.20 Å². The van der Waals surface area contributed by atoms with Gasteiger partial charge in [-0.3, -0.25) is 4.98 Å². The zero-order valence-corrected chi connectivity index (χ0v) is 9.94. The zero-order valence-electron chi connectivity index (χ0n) is 9.94. The molecule has 0 fully saturated rings. The Kier molecular flexibility index (Phi) is 2.56. The summed E-state index contributed by atoms with van der Waals surface area (Å²) < 4.78 is 5.94. The number of hydrogen-bond acceptors (Lipinski definition) is 2. The molecule has 2 heteroatoms. The lowest BCUT2D eigenvalue weighted by molar-refractivity contribution is 0.476. The van der Waals surface area contributed by atoms with Gasteiger partial charge in [-0.2, -0.15) is 0 Å². The minimum atomic E-state index is 0.909. The van der Waals surface area contributed by atoms with Crippen LogP contribution in [0, 0.1) is 0 Å². The fourth-order valence-electron chi connectivity index (χ4n) is 2.21. The number of benzene rings is 1. The molecule has 0 N–H and O–H groups in total. The van der Waals surface area contributed by atoms with Crippen molar-refractivity contribution in [1.82, 2.24) is 4.98 Å². The Bertz CT molecular complexity index is 548. The first-order chi connectivity index (χ1) is 8.36. The van der Waals surface area contributed by atoms with E-state index in [4.69, 9.17) is 4.74 Å². The molecule has 1 aromatic heterocycles. The topological polar surface area (TPSA) is 22.1 Å². The van der Waals surface area contributed by atoms with Gasteiger partial charge in [0.2, 0.25) is 0 Å². The number of aryl methyl sites for hydroxylation is 3. The van der Waals surface area contributed by atoms with Gasteiger partial charge in [0.25, 0.3) is 0 Å². The van der Waals surface area contributed by atoms with Crippen LogP contribution in [0.3, 0.4) is 0 Å². The molecule has 3 rings (SSSR count). The molecule has 0 bridgehead atoms. The van der Waals surface area contributed by atoms with Crippen LogP contribution in [0.2, 0.25) is 0 Å². The molecular formula is C15H15NO. The molecule has 2 heterocycles. The van der Waals surface area contributed by atoms with E-state index >= 15 is 0 Å². The molecule has 0 atom stereocenters. The third kappa shape index (κ3) is 1.91. The van der Waals surface area contributed by atoms with Crippen molar-refractivity contribution in [1.29, 1.82) is 0 Å². The van der Waals surface area contributed by atoms with Crippen molar-refractivity contribution < 1.29 is 4.74 Å². The Hall–Kier alpha value is -1.83. The fourth-order valence-corrected chi connectivity index (χ4v) is 2.21. The molecule has 0 radical (unpaired) electrons. The van der Waals surface area contributed by atoms with E-state index in [2.05, 4.69) is 30.1 Å². The molecule has 0 unspecified atom stereocenters. The highest BCUT2D eigenvalue weighted by Crippen LogP contribution is 2.33. The number of rotatable bonds is 1. The number of nitrogens with zero attached hydrogens (tertiary/aromatic N) is 1. The maximum Gasteiger partial charge on any atom is 0.148 e. The summed E-state index contributed by atoms with van der Waals surface area (Å²) in [5.41, 5.74) is 3.69. The summed E-state index contributed by atoms with van der Waals surface area (Å²) in [5.74, 6) is 1.88. The Morgan fingerprint density at radius 3 is 2.82 bits per heavy atom. The van der Waals surface area contributed by atoms with E-state index in [1.807, 2.05) is 18.3 Å². The second-order valence-electron chi connectivity index (χ2n) is 4.35. The minimum Gasteiger partial charge on any atom is -0.455 e. The van der Waals surface area contributed by atoms with E-state index < -0.39 is 0 Å². The molecule has 0 spiro atoms. The van der Waals surface area contributed by atoms with Crippen LogP contribution in [0.15, 0.2) is 36.5 Å². The zero-order chi connectivity index (χ0) is 11.7. The number of pyridine rings is 1. The van der Waals surface area contributed by atoms with Crippen LogP contribution in [0.4, 0.5) is 0 Å². The molecule has 86 valence electrons. The van der Waals surface area contributed by atoms with Crippen molar-refractivity contribution in [2.45, 2.75) is 26.2 Å². The molecule has 0 amide bonds. The molecule has 1 aromatic carbocycles. The van der Waals surface area contributed by atoms with Gasteiger partial charge >= 0.3 is 0 Å². The van der Waals surface area contributed by atoms with Crippen molar-refractivity contribution >= 4 is 0 Å². The van der Waals surface area contributed by atoms with Crippen LogP contribution in [0.5, 0.6) is 11.5 Å². The smallest absolute Gasteiger partial charge is 0.148 e. The van der Waals surface area contributed by atoms with Crippen LogP contribution in [-0.2, 0) is 19.3 Å². The molecule has 0 aliphatic carbocycles. The predicted molar refractivity (Wildman–Crippen MR) is 67.5 cm³/mol. The van der Waals surface area contributed by atoms with Gasteiger partial charge in [-0.1, -0.05) is 25.1 Å². The number of fused-ring (bicyclic) bond motifs is 2. The third-order valence-corrected chi connectivity index (χ3v) is 3.22. The van der Waals surface area contributed by atoms with Crippen molar-refractivity contribution in [3.05, 3.63) is 53.3 Å². The first kappa shape index (κ1) is 10.3. The van der Waals surface area contributed by atoms with Gasteiger partial charge in [-0.05, 0) is 42.5 Å². The maximum absolute atomic E-state index is 5.94. The van der Waals surface area contributed by atoms with Crippen molar-refractivity contribution in [2.24, 2.45) is 0 Å².